The van der Waals surface area contributed by atoms with Crippen molar-refractivity contribution in [1.29, 1.82) is 0 Å². The van der Waals surface area contributed by atoms with Gasteiger partial charge in [-0.1, -0.05) is 11.8 Å². The maximum Gasteiger partial charge on any atom is 0.317 e. The lowest BCUT2D eigenvalue weighted by atomic mass is 10.2. The average Bonchev–Trinajstić information content (AvgIpc) is 3.12. The summed E-state index contributed by atoms with van der Waals surface area (Å²) in [5.74, 6) is -0.485. The van der Waals surface area contributed by atoms with Crippen LogP contribution in [-0.2, 0) is 0 Å². The smallest absolute Gasteiger partial charge is 0.317 e. The molecule has 2 aromatic rings. The fourth-order valence-corrected chi connectivity index (χ4v) is 3.55. The van der Waals surface area contributed by atoms with Gasteiger partial charge in [-0.3, -0.25) is 9.36 Å². The van der Waals surface area contributed by atoms with Crippen LogP contribution in [0.25, 0.3) is 5.69 Å². The lowest BCUT2D eigenvalue weighted by Crippen LogP contribution is -2.53. The summed E-state index contributed by atoms with van der Waals surface area (Å²) in [6.45, 7) is 4.33. The third kappa shape index (κ3) is 4.08. The van der Waals surface area contributed by atoms with E-state index in [4.69, 9.17) is 0 Å². The van der Waals surface area contributed by atoms with Crippen LogP contribution in [0.5, 0.6) is 0 Å². The number of aromatic nitrogens is 2. The van der Waals surface area contributed by atoms with Crippen LogP contribution in [0, 0.1) is 5.82 Å². The van der Waals surface area contributed by atoms with Crippen LogP contribution >= 0.6 is 11.8 Å². The number of carbonyl (C=O) groups excluding carboxylic acids is 2. The molecule has 1 aliphatic rings. The molecular formula is C18H22FN5O2S. The monoisotopic (exact) mass is 391 g/mol. The van der Waals surface area contributed by atoms with Crippen molar-refractivity contribution in [3.8, 4) is 5.69 Å². The van der Waals surface area contributed by atoms with Gasteiger partial charge in [0.2, 0.25) is 0 Å². The van der Waals surface area contributed by atoms with E-state index < -0.39 is 0 Å². The second kappa shape index (κ2) is 8.43. The first-order valence-corrected chi connectivity index (χ1v) is 9.97. The maximum atomic E-state index is 13.3. The highest BCUT2D eigenvalue weighted by atomic mass is 32.2. The third-order valence-electron chi connectivity index (χ3n) is 4.40. The van der Waals surface area contributed by atoms with Gasteiger partial charge in [-0.05, 0) is 37.4 Å². The van der Waals surface area contributed by atoms with E-state index in [9.17, 15) is 14.0 Å². The number of benzene rings is 1. The molecule has 144 valence electrons. The minimum Gasteiger partial charge on any atom is -0.338 e. The Kier molecular flexibility index (Phi) is 6.00. The summed E-state index contributed by atoms with van der Waals surface area (Å²) < 4.78 is 15.0. The number of thioether (sulfide) groups is 1. The van der Waals surface area contributed by atoms with Crippen LogP contribution in [0.2, 0.25) is 0 Å². The number of rotatable bonds is 4. The largest absolute Gasteiger partial charge is 0.338 e. The molecular weight excluding hydrogens is 369 g/mol. The second-order valence-electron chi connectivity index (χ2n) is 6.06. The summed E-state index contributed by atoms with van der Waals surface area (Å²) in [6, 6.07) is 5.87. The SMILES string of the molecule is CCNC(=O)N1CCN(C(=O)c2cnc(SC)n2-c2ccc(F)cc2)CC1. The van der Waals surface area contributed by atoms with E-state index in [0.717, 1.165) is 0 Å². The average molecular weight is 391 g/mol. The zero-order chi connectivity index (χ0) is 19.4. The molecule has 27 heavy (non-hydrogen) atoms. The van der Waals surface area contributed by atoms with Gasteiger partial charge in [0.15, 0.2) is 5.16 Å². The Morgan fingerprint density at radius 1 is 1.15 bits per heavy atom. The van der Waals surface area contributed by atoms with Crippen LogP contribution in [0.4, 0.5) is 9.18 Å². The first-order chi connectivity index (χ1) is 13.0. The first kappa shape index (κ1) is 19.2. The molecule has 3 amide bonds. The van der Waals surface area contributed by atoms with Crippen molar-refractivity contribution in [3.05, 3.63) is 42.0 Å². The number of amides is 3. The van der Waals surface area contributed by atoms with Gasteiger partial charge >= 0.3 is 6.03 Å². The van der Waals surface area contributed by atoms with Gasteiger partial charge in [-0.2, -0.15) is 0 Å². The lowest BCUT2D eigenvalue weighted by molar-refractivity contribution is 0.0657. The van der Waals surface area contributed by atoms with Gasteiger partial charge in [0, 0.05) is 38.4 Å². The van der Waals surface area contributed by atoms with Crippen molar-refractivity contribution in [2.75, 3.05) is 39.0 Å². The Hall–Kier alpha value is -2.55. The predicted octanol–water partition coefficient (Wildman–Crippen LogP) is 2.22. The van der Waals surface area contributed by atoms with Gasteiger partial charge in [-0.25, -0.2) is 14.2 Å². The summed E-state index contributed by atoms with van der Waals surface area (Å²) in [7, 11) is 0. The molecule has 0 aliphatic carbocycles. The van der Waals surface area contributed by atoms with E-state index in [1.807, 2.05) is 13.2 Å². The van der Waals surface area contributed by atoms with Crippen molar-refractivity contribution in [2.45, 2.75) is 12.1 Å². The Balaban J connectivity index is 1.79. The fraction of sp³-hybridized carbons (Fsp3) is 0.389. The van der Waals surface area contributed by atoms with Crippen molar-refractivity contribution in [2.24, 2.45) is 0 Å². The standard InChI is InChI=1S/C18H22FN5O2S/c1-3-20-17(26)23-10-8-22(9-11-23)16(25)15-12-21-18(27-2)24(15)14-6-4-13(19)5-7-14/h4-7,12H,3,8-11H2,1-2H3,(H,20,26). The number of piperazine rings is 1. The van der Waals surface area contributed by atoms with E-state index in [0.29, 0.717) is 49.3 Å². The number of hydrogen-bond acceptors (Lipinski definition) is 4. The van der Waals surface area contributed by atoms with Crippen molar-refractivity contribution in [1.82, 2.24) is 24.7 Å². The van der Waals surface area contributed by atoms with E-state index in [-0.39, 0.29) is 17.8 Å². The van der Waals surface area contributed by atoms with E-state index in [2.05, 4.69) is 10.3 Å². The maximum absolute atomic E-state index is 13.3. The summed E-state index contributed by atoms with van der Waals surface area (Å²) >= 11 is 1.42. The molecule has 0 spiro atoms. The molecule has 1 aromatic carbocycles. The molecule has 2 heterocycles. The molecule has 0 radical (unpaired) electrons. The Labute approximate surface area is 161 Å². The predicted molar refractivity (Wildman–Crippen MR) is 102 cm³/mol. The number of nitrogens with one attached hydrogen (secondary N) is 1. The molecule has 1 aliphatic heterocycles. The molecule has 0 unspecified atom stereocenters. The highest BCUT2D eigenvalue weighted by molar-refractivity contribution is 7.98. The minimum absolute atomic E-state index is 0.106. The number of carbonyl (C=O) groups is 2. The summed E-state index contributed by atoms with van der Waals surface area (Å²) in [6.07, 6.45) is 3.43. The zero-order valence-corrected chi connectivity index (χ0v) is 16.1. The minimum atomic E-state index is -0.334. The van der Waals surface area contributed by atoms with Crippen molar-refractivity contribution >= 4 is 23.7 Å². The fourth-order valence-electron chi connectivity index (χ4n) is 3.01. The van der Waals surface area contributed by atoms with Crippen LogP contribution in [-0.4, -0.2) is 70.3 Å². The van der Waals surface area contributed by atoms with Crippen LogP contribution in [0.1, 0.15) is 17.4 Å². The molecule has 1 N–H and O–H groups in total. The van der Waals surface area contributed by atoms with Crippen LogP contribution < -0.4 is 5.32 Å². The summed E-state index contributed by atoms with van der Waals surface area (Å²) in [5.41, 5.74) is 1.11. The molecule has 1 fully saturated rings. The molecule has 0 bridgehead atoms. The highest BCUT2D eigenvalue weighted by Crippen LogP contribution is 2.23. The third-order valence-corrected chi connectivity index (χ3v) is 5.05. The Bertz CT molecular complexity index is 816. The second-order valence-corrected chi connectivity index (χ2v) is 6.83. The number of hydrogen-bond donors (Lipinski definition) is 1. The Morgan fingerprint density at radius 2 is 1.78 bits per heavy atom. The molecule has 3 rings (SSSR count). The van der Waals surface area contributed by atoms with Crippen molar-refractivity contribution in [3.63, 3.8) is 0 Å². The normalized spacial score (nSPS) is 14.3. The van der Waals surface area contributed by atoms with E-state index >= 15 is 0 Å². The highest BCUT2D eigenvalue weighted by Gasteiger charge is 2.27. The summed E-state index contributed by atoms with van der Waals surface area (Å²) in [5, 5.41) is 3.43. The first-order valence-electron chi connectivity index (χ1n) is 8.75. The van der Waals surface area contributed by atoms with Crippen molar-refractivity contribution < 1.29 is 14.0 Å². The molecule has 1 aromatic heterocycles. The van der Waals surface area contributed by atoms with Gasteiger partial charge in [0.1, 0.15) is 11.5 Å². The molecule has 0 atom stereocenters. The summed E-state index contributed by atoms with van der Waals surface area (Å²) in [4.78, 5) is 32.7. The van der Waals surface area contributed by atoms with Gasteiger partial charge < -0.3 is 15.1 Å². The van der Waals surface area contributed by atoms with E-state index in [1.54, 1.807) is 32.7 Å². The van der Waals surface area contributed by atoms with Gasteiger partial charge in [0.25, 0.3) is 5.91 Å². The lowest BCUT2D eigenvalue weighted by Gasteiger charge is -2.34. The Morgan fingerprint density at radius 3 is 2.37 bits per heavy atom. The van der Waals surface area contributed by atoms with E-state index in [1.165, 1.54) is 23.9 Å². The van der Waals surface area contributed by atoms with Crippen LogP contribution in [0.15, 0.2) is 35.6 Å². The molecule has 1 saturated heterocycles. The zero-order valence-electron chi connectivity index (χ0n) is 15.3. The molecule has 0 saturated carbocycles. The molecule has 9 heteroatoms. The number of imidazole rings is 1. The quantitative estimate of drug-likeness (QED) is 0.812. The van der Waals surface area contributed by atoms with Gasteiger partial charge in [-0.15, -0.1) is 0 Å². The number of urea groups is 1. The topological polar surface area (TPSA) is 70.5 Å². The number of halogens is 1. The number of nitrogens with zero attached hydrogens (tertiary/aromatic N) is 4. The van der Waals surface area contributed by atoms with Gasteiger partial charge in [0.05, 0.1) is 6.20 Å². The van der Waals surface area contributed by atoms with Crippen LogP contribution in [0.3, 0.4) is 0 Å². The molecule has 7 nitrogen and oxygen atoms in total.